The molecule has 0 aromatic carbocycles. The van der Waals surface area contributed by atoms with Crippen LogP contribution in [0.3, 0.4) is 0 Å². The molecular weight excluding hydrogens is 925 g/mol. The zero-order valence-corrected chi connectivity index (χ0v) is 41.4. The van der Waals surface area contributed by atoms with Gasteiger partial charge in [-0.25, -0.2) is 39.9 Å². The van der Waals surface area contributed by atoms with E-state index in [9.17, 15) is 0 Å². The number of halogens is 3. The maximum atomic E-state index is 7.61. The van der Waals surface area contributed by atoms with E-state index >= 15 is 0 Å². The Morgan fingerprint density at radius 2 is 0.824 bits per heavy atom. The van der Waals surface area contributed by atoms with Gasteiger partial charge in [0.15, 0.2) is 15.5 Å². The second kappa shape index (κ2) is 34.0. The van der Waals surface area contributed by atoms with Crippen molar-refractivity contribution < 1.29 is 19.4 Å². The van der Waals surface area contributed by atoms with Gasteiger partial charge in [0.25, 0.3) is 0 Å². The number of aromatic nitrogens is 8. The Morgan fingerprint density at radius 3 is 1.13 bits per heavy atom. The van der Waals surface area contributed by atoms with Gasteiger partial charge in [-0.1, -0.05) is 112 Å². The number of rotatable bonds is 4. The summed E-state index contributed by atoms with van der Waals surface area (Å²) in [6.07, 6.45) is 0. The van der Waals surface area contributed by atoms with Gasteiger partial charge < -0.3 is 42.3 Å². The lowest BCUT2D eigenvalue weighted by Crippen LogP contribution is -2.41. The van der Waals surface area contributed by atoms with Crippen molar-refractivity contribution in [3.63, 3.8) is 0 Å². The Kier molecular flexibility index (Phi) is 38.9. The van der Waals surface area contributed by atoms with Gasteiger partial charge in [-0.3, -0.25) is 0 Å². The summed E-state index contributed by atoms with van der Waals surface area (Å²) >= 11 is 16.9. The molecule has 1 fully saturated rings. The smallest absolute Gasteiger partial charge is 0.427 e. The molecule has 4 aromatic rings. The molecule has 1 aliphatic rings. The molecule has 1 aliphatic heterocycles. The highest BCUT2D eigenvalue weighted by Gasteiger charge is 2.51. The van der Waals surface area contributed by atoms with Crippen molar-refractivity contribution in [3.05, 3.63) is 92.4 Å². The van der Waals surface area contributed by atoms with Crippen LogP contribution in [0.2, 0.25) is 22.3 Å². The quantitative estimate of drug-likeness (QED) is 0.0819. The van der Waals surface area contributed by atoms with Crippen molar-refractivity contribution in [2.24, 2.45) is 0 Å². The highest BCUT2D eigenvalue weighted by atomic mass is 35.5. The van der Waals surface area contributed by atoms with Gasteiger partial charge in [0.2, 0.25) is 0 Å². The summed E-state index contributed by atoms with van der Waals surface area (Å²) in [5, 5.41) is 15.9. The highest BCUT2D eigenvalue weighted by molar-refractivity contribution is 6.54. The summed E-state index contributed by atoms with van der Waals surface area (Å²) < 4.78 is 11.4. The van der Waals surface area contributed by atoms with E-state index in [4.69, 9.17) is 77.1 Å². The fraction of sp³-hybridized carbons (Fsp3) is 0.532. The van der Waals surface area contributed by atoms with Gasteiger partial charge in [0.1, 0.15) is 29.0 Å². The van der Waals surface area contributed by atoms with Gasteiger partial charge in [-0.2, -0.15) is 0 Å². The molecule has 0 amide bonds. The Balaban J connectivity index is -0.000000131. The number of aryl methyl sites for hydroxylation is 6. The third kappa shape index (κ3) is 25.3. The molecule has 21 heteroatoms. The Morgan fingerprint density at radius 1 is 0.544 bits per heavy atom. The topological polar surface area (TPSA) is 266 Å². The lowest BCUT2D eigenvalue weighted by atomic mass is 9.81. The maximum absolute atomic E-state index is 7.61. The lowest BCUT2D eigenvalue weighted by molar-refractivity contribution is 0.00578. The minimum atomic E-state index is -1.17. The minimum absolute atomic E-state index is 0. The maximum Gasteiger partial charge on any atom is 0.489 e. The second-order valence-corrected chi connectivity index (χ2v) is 16.7. The molecule has 1 saturated heterocycles. The number of nitrogen functional groups attached to an aromatic ring is 4. The lowest BCUT2D eigenvalue weighted by Gasteiger charge is -2.32. The monoisotopic (exact) mass is 1010 g/mol. The molecule has 10 N–H and O–H groups in total. The summed E-state index contributed by atoms with van der Waals surface area (Å²) in [5.41, 5.74) is 30.8. The molecule has 4 aromatic heterocycles. The van der Waals surface area contributed by atoms with Crippen molar-refractivity contribution in [2.45, 2.75) is 172 Å². The first kappa shape index (κ1) is 77.8. The zero-order valence-electron chi connectivity index (χ0n) is 39.1. The Hall–Kier alpha value is -4.42. The predicted molar refractivity (Wildman–Crippen MR) is 300 cm³/mol. The van der Waals surface area contributed by atoms with E-state index in [1.807, 2.05) is 76.2 Å². The van der Waals surface area contributed by atoms with Crippen LogP contribution >= 0.6 is 34.8 Å². The summed E-state index contributed by atoms with van der Waals surface area (Å²) in [5.74, 6) is 3.02. The van der Waals surface area contributed by atoms with Gasteiger partial charge >= 0.3 is 14.2 Å². The van der Waals surface area contributed by atoms with E-state index in [2.05, 4.69) is 73.5 Å². The van der Waals surface area contributed by atoms with Crippen molar-refractivity contribution >= 4 is 82.9 Å². The van der Waals surface area contributed by atoms with Gasteiger partial charge in [-0.05, 0) is 114 Å². The van der Waals surface area contributed by atoms with Crippen molar-refractivity contribution in [3.8, 4) is 0 Å². The van der Waals surface area contributed by atoms with Crippen molar-refractivity contribution in [1.29, 1.82) is 0 Å². The van der Waals surface area contributed by atoms with Crippen LogP contribution < -0.4 is 22.9 Å². The zero-order chi connectivity index (χ0) is 48.8. The minimum Gasteiger partial charge on any atom is -0.427 e. The molecule has 0 bridgehead atoms. The summed E-state index contributed by atoms with van der Waals surface area (Å²) in [6, 6.07) is 0. The molecule has 388 valence electrons. The summed E-state index contributed by atoms with van der Waals surface area (Å²) in [6.45, 7) is 41.5. The average Bonchev–Trinajstić information content (AvgIpc) is 3.35. The van der Waals surface area contributed by atoms with Crippen LogP contribution in [0.25, 0.3) is 11.1 Å². The van der Waals surface area contributed by atoms with Crippen LogP contribution in [0.5, 0.6) is 0 Å². The standard InChI is InChI=1S/C9H17BO2.C9H15N3.C9H13N3.C8H10ClN3.C5H5Cl2N3.CH5BO2.6CH4/c1-7(2)10-11-8(3,4)9(5,6)12-10;2*1-5(2)9-8(10)6(3)11-7(4)12-9;1-4(2)7-6(10)8(9)12-5(3)11-7;1-2-9-4(6)3(8)5(7)10-2;1-2(3)4;;;;;;/h1H2,2-6H3;5H,10H2,1-4H3;1,10H2,2-4H3;1,10H2,2-3H3;8H2,1H3;3-4H,1H3;6*1H4. The second-order valence-electron chi connectivity index (χ2n) is 15.6. The van der Waals surface area contributed by atoms with Gasteiger partial charge in [0.05, 0.1) is 56.7 Å². The molecule has 0 saturated carbocycles. The highest BCUT2D eigenvalue weighted by Crippen LogP contribution is 2.38. The average molecular weight is 1010 g/mol. The van der Waals surface area contributed by atoms with E-state index in [0.717, 1.165) is 56.7 Å². The van der Waals surface area contributed by atoms with Gasteiger partial charge in [0, 0.05) is 0 Å². The molecule has 0 unspecified atom stereocenters. The number of allylic oxidation sites excluding steroid dienone is 3. The molecule has 16 nitrogen and oxygen atoms in total. The third-order valence-corrected chi connectivity index (χ3v) is 9.38. The van der Waals surface area contributed by atoms with Crippen molar-refractivity contribution in [2.75, 3.05) is 22.9 Å². The molecule has 0 radical (unpaired) electrons. The Bertz CT molecular complexity index is 2090. The Labute approximate surface area is 428 Å². The molecule has 5 heterocycles. The first-order chi connectivity index (χ1) is 28.2. The van der Waals surface area contributed by atoms with Crippen LogP contribution in [-0.2, 0) is 9.31 Å². The molecule has 0 spiro atoms. The summed E-state index contributed by atoms with van der Waals surface area (Å²) in [7, 11) is -1.41. The fourth-order valence-corrected chi connectivity index (χ4v) is 5.35. The van der Waals surface area contributed by atoms with Crippen LogP contribution in [0.1, 0.15) is 165 Å². The van der Waals surface area contributed by atoms with E-state index in [0.29, 0.717) is 39.8 Å². The van der Waals surface area contributed by atoms with E-state index in [1.54, 1.807) is 13.8 Å². The first-order valence-corrected chi connectivity index (χ1v) is 20.4. The number of hydrogen-bond acceptors (Lipinski definition) is 16. The summed E-state index contributed by atoms with van der Waals surface area (Å²) in [4.78, 5) is 32.4. The number of nitrogens with zero attached hydrogens (tertiary/aromatic N) is 8. The van der Waals surface area contributed by atoms with Crippen molar-refractivity contribution in [1.82, 2.24) is 39.9 Å². The van der Waals surface area contributed by atoms with E-state index in [1.165, 1.54) is 6.82 Å². The SMILES string of the molecule is C.C.C.C.C.C.C=C(C)B1OC(C)(C)C(C)(C)O1.C=C(C)c1nc(C)nc(C)c1N.C=C(C)c1nc(C)nc(Cl)c1N.CB(O)O.Cc1nc(C)c(N)c(C(C)C)n1.Cc1nc(Cl)c(N)c(Cl)n1. The molecule has 0 aliphatic carbocycles. The normalized spacial score (nSPS) is 11.8. The van der Waals surface area contributed by atoms with E-state index < -0.39 is 7.12 Å². The molecular formula is C47H89B2Cl3N12O4. The molecule has 68 heavy (non-hydrogen) atoms. The fourth-order valence-electron chi connectivity index (χ4n) is 4.67. The van der Waals surface area contributed by atoms with Crippen LogP contribution in [-0.4, -0.2) is 75.4 Å². The van der Waals surface area contributed by atoms with Crippen LogP contribution in [0.4, 0.5) is 22.7 Å². The molecule has 5 rings (SSSR count). The largest absolute Gasteiger partial charge is 0.489 e. The predicted octanol–water partition coefficient (Wildman–Crippen LogP) is 12.3. The van der Waals surface area contributed by atoms with E-state index in [-0.39, 0.29) is 78.9 Å². The number of anilines is 4. The third-order valence-electron chi connectivity index (χ3n) is 8.51. The van der Waals surface area contributed by atoms with Gasteiger partial charge in [-0.15, -0.1) is 6.58 Å². The van der Waals surface area contributed by atoms with Crippen LogP contribution in [0.15, 0.2) is 25.2 Å². The number of hydrogen-bond donors (Lipinski definition) is 6. The van der Waals surface area contributed by atoms with Crippen LogP contribution in [0, 0.1) is 41.5 Å². The number of nitrogens with two attached hydrogens (primary N) is 4. The first-order valence-electron chi connectivity index (χ1n) is 19.3. The molecule has 0 atom stereocenters.